The zero-order valence-corrected chi connectivity index (χ0v) is 13.5. The van der Waals surface area contributed by atoms with Crippen molar-refractivity contribution >= 4 is 0 Å². The third kappa shape index (κ3) is 3.77. The van der Waals surface area contributed by atoms with Crippen molar-refractivity contribution in [2.45, 2.75) is 44.8 Å². The lowest BCUT2D eigenvalue weighted by molar-refractivity contribution is -0.0433. The lowest BCUT2D eigenvalue weighted by atomic mass is 9.90. The Morgan fingerprint density at radius 3 is 2.45 bits per heavy atom. The smallest absolute Gasteiger partial charge is 0.138 e. The van der Waals surface area contributed by atoms with E-state index in [1.165, 1.54) is 12.8 Å². The molecule has 1 aromatic rings. The highest BCUT2D eigenvalue weighted by Gasteiger charge is 2.34. The Morgan fingerprint density at radius 1 is 1.09 bits per heavy atom. The van der Waals surface area contributed by atoms with E-state index in [9.17, 15) is 10.2 Å². The first-order valence-corrected chi connectivity index (χ1v) is 8.37. The first kappa shape index (κ1) is 15.7. The summed E-state index contributed by atoms with van der Waals surface area (Å²) in [6.45, 7) is 7.40. The number of aromatic hydroxyl groups is 1. The van der Waals surface area contributed by atoms with Crippen LogP contribution in [0.15, 0.2) is 12.1 Å². The largest absolute Gasteiger partial charge is 0.506 e. The molecule has 2 aliphatic rings. The van der Waals surface area contributed by atoms with Crippen LogP contribution in [0.2, 0.25) is 0 Å². The maximum absolute atomic E-state index is 10.8. The van der Waals surface area contributed by atoms with E-state index < -0.39 is 5.60 Å². The fraction of sp³-hybridized carbons (Fsp3) is 0.706. The van der Waals surface area contributed by atoms with E-state index in [-0.39, 0.29) is 5.75 Å². The van der Waals surface area contributed by atoms with Crippen molar-refractivity contribution in [3.8, 4) is 5.75 Å². The number of β-amino-alcohol motifs (C(OH)–C–C–N with tert-alkyl or cyclic N) is 1. The molecule has 0 unspecified atom stereocenters. The third-order valence-electron chi connectivity index (χ3n) is 4.97. The molecule has 3 heterocycles. The maximum Gasteiger partial charge on any atom is 0.138 e. The minimum Gasteiger partial charge on any atom is -0.506 e. The molecule has 0 aliphatic carbocycles. The fourth-order valence-corrected chi connectivity index (χ4v) is 3.57. The molecule has 122 valence electrons. The van der Waals surface area contributed by atoms with Gasteiger partial charge in [-0.25, -0.2) is 0 Å². The summed E-state index contributed by atoms with van der Waals surface area (Å²) in [7, 11) is 0. The van der Waals surface area contributed by atoms with Crippen LogP contribution in [-0.2, 0) is 6.54 Å². The summed E-state index contributed by atoms with van der Waals surface area (Å²) < 4.78 is 0. The highest BCUT2D eigenvalue weighted by atomic mass is 16.3. The monoisotopic (exact) mass is 305 g/mol. The molecule has 0 bridgehead atoms. The van der Waals surface area contributed by atoms with Gasteiger partial charge in [-0.1, -0.05) is 0 Å². The van der Waals surface area contributed by atoms with Gasteiger partial charge < -0.3 is 15.1 Å². The number of hydrogen-bond donors (Lipinski definition) is 2. The maximum atomic E-state index is 10.8. The Labute approximate surface area is 132 Å². The standard InChI is InChI=1S/C17H27N3O2/c1-14-4-5-16(21)15(18-14)12-19-10-6-17(22,7-11-19)13-20-8-2-3-9-20/h4-5,21-22H,2-3,6-13H2,1H3. The fourth-order valence-electron chi connectivity index (χ4n) is 3.57. The van der Waals surface area contributed by atoms with Crippen LogP contribution in [0.4, 0.5) is 0 Å². The van der Waals surface area contributed by atoms with Gasteiger partial charge in [0.15, 0.2) is 0 Å². The van der Waals surface area contributed by atoms with Gasteiger partial charge in [-0.05, 0) is 57.8 Å². The molecule has 5 nitrogen and oxygen atoms in total. The lowest BCUT2D eigenvalue weighted by Gasteiger charge is -2.40. The van der Waals surface area contributed by atoms with E-state index >= 15 is 0 Å². The number of likely N-dealkylation sites (tertiary alicyclic amines) is 2. The number of aromatic nitrogens is 1. The zero-order valence-electron chi connectivity index (χ0n) is 13.5. The molecular formula is C17H27N3O2. The third-order valence-corrected chi connectivity index (χ3v) is 4.97. The first-order valence-electron chi connectivity index (χ1n) is 8.37. The average molecular weight is 305 g/mol. The molecule has 22 heavy (non-hydrogen) atoms. The molecule has 1 aromatic heterocycles. The van der Waals surface area contributed by atoms with Gasteiger partial charge in [-0.3, -0.25) is 9.88 Å². The second-order valence-electron chi connectivity index (χ2n) is 6.90. The van der Waals surface area contributed by atoms with E-state index in [1.807, 2.05) is 13.0 Å². The number of nitrogens with zero attached hydrogens (tertiary/aromatic N) is 3. The van der Waals surface area contributed by atoms with Gasteiger partial charge in [0, 0.05) is 31.9 Å². The van der Waals surface area contributed by atoms with Crippen LogP contribution in [0.25, 0.3) is 0 Å². The van der Waals surface area contributed by atoms with Crippen molar-refractivity contribution in [1.29, 1.82) is 0 Å². The second kappa shape index (κ2) is 6.52. The molecule has 0 atom stereocenters. The lowest BCUT2D eigenvalue weighted by Crippen LogP contribution is -2.50. The van der Waals surface area contributed by atoms with Crippen molar-refractivity contribution < 1.29 is 10.2 Å². The van der Waals surface area contributed by atoms with Crippen molar-refractivity contribution in [3.05, 3.63) is 23.5 Å². The van der Waals surface area contributed by atoms with Crippen LogP contribution in [0.5, 0.6) is 5.75 Å². The molecule has 0 amide bonds. The molecular weight excluding hydrogens is 278 g/mol. The van der Waals surface area contributed by atoms with Crippen molar-refractivity contribution in [1.82, 2.24) is 14.8 Å². The predicted molar refractivity (Wildman–Crippen MR) is 85.8 cm³/mol. The van der Waals surface area contributed by atoms with E-state index in [2.05, 4.69) is 14.8 Å². The van der Waals surface area contributed by atoms with Crippen LogP contribution in [0.3, 0.4) is 0 Å². The molecule has 2 saturated heterocycles. The normalized spacial score (nSPS) is 23.0. The molecule has 0 spiro atoms. The SMILES string of the molecule is Cc1ccc(O)c(CN2CCC(O)(CN3CCCC3)CC2)n1. The number of rotatable bonds is 4. The van der Waals surface area contributed by atoms with Gasteiger partial charge in [0.1, 0.15) is 5.75 Å². The van der Waals surface area contributed by atoms with E-state index in [0.717, 1.165) is 57.0 Å². The van der Waals surface area contributed by atoms with E-state index in [4.69, 9.17) is 0 Å². The molecule has 3 rings (SSSR count). The van der Waals surface area contributed by atoms with E-state index in [1.54, 1.807) is 6.07 Å². The number of aryl methyl sites for hydroxylation is 1. The Morgan fingerprint density at radius 2 is 1.77 bits per heavy atom. The van der Waals surface area contributed by atoms with Crippen LogP contribution < -0.4 is 0 Å². The van der Waals surface area contributed by atoms with Gasteiger partial charge in [0.05, 0.1) is 11.3 Å². The number of aliphatic hydroxyl groups is 1. The summed E-state index contributed by atoms with van der Waals surface area (Å²) in [5.41, 5.74) is 1.13. The number of pyridine rings is 1. The minimum atomic E-state index is -0.539. The van der Waals surface area contributed by atoms with Crippen LogP contribution in [0.1, 0.15) is 37.1 Å². The number of hydrogen-bond acceptors (Lipinski definition) is 5. The van der Waals surface area contributed by atoms with Gasteiger partial charge in [-0.2, -0.15) is 0 Å². The molecule has 5 heteroatoms. The van der Waals surface area contributed by atoms with E-state index in [0.29, 0.717) is 6.54 Å². The summed E-state index contributed by atoms with van der Waals surface area (Å²) in [4.78, 5) is 9.09. The highest BCUT2D eigenvalue weighted by Crippen LogP contribution is 2.27. The molecule has 2 N–H and O–H groups in total. The average Bonchev–Trinajstić information content (AvgIpc) is 2.98. The Kier molecular flexibility index (Phi) is 4.66. The topological polar surface area (TPSA) is 59.8 Å². The zero-order chi connectivity index (χ0) is 15.6. The van der Waals surface area contributed by atoms with Crippen LogP contribution in [0, 0.1) is 6.92 Å². The first-order chi connectivity index (χ1) is 10.5. The molecule has 0 saturated carbocycles. The van der Waals surface area contributed by atoms with Crippen molar-refractivity contribution in [3.63, 3.8) is 0 Å². The summed E-state index contributed by atoms with van der Waals surface area (Å²) in [6, 6.07) is 3.54. The van der Waals surface area contributed by atoms with Crippen LogP contribution in [-0.4, -0.2) is 63.3 Å². The van der Waals surface area contributed by atoms with Gasteiger partial charge >= 0.3 is 0 Å². The van der Waals surface area contributed by atoms with Gasteiger partial charge in [0.25, 0.3) is 0 Å². The molecule has 2 fully saturated rings. The van der Waals surface area contributed by atoms with Crippen LogP contribution >= 0.6 is 0 Å². The van der Waals surface area contributed by atoms with Crippen molar-refractivity contribution in [2.75, 3.05) is 32.7 Å². The van der Waals surface area contributed by atoms with Crippen molar-refractivity contribution in [2.24, 2.45) is 0 Å². The number of piperidine rings is 1. The molecule has 2 aliphatic heterocycles. The Hall–Kier alpha value is -1.17. The minimum absolute atomic E-state index is 0.267. The Bertz CT molecular complexity index is 507. The summed E-state index contributed by atoms with van der Waals surface area (Å²) >= 11 is 0. The van der Waals surface area contributed by atoms with Gasteiger partial charge in [0.2, 0.25) is 0 Å². The van der Waals surface area contributed by atoms with Gasteiger partial charge in [-0.15, -0.1) is 0 Å². The second-order valence-corrected chi connectivity index (χ2v) is 6.90. The molecule has 0 aromatic carbocycles. The summed E-state index contributed by atoms with van der Waals surface area (Å²) in [6.07, 6.45) is 4.13. The molecule has 0 radical (unpaired) electrons. The highest BCUT2D eigenvalue weighted by molar-refractivity contribution is 5.27. The predicted octanol–water partition coefficient (Wildman–Crippen LogP) is 1.52. The Balaban J connectivity index is 1.53. The summed E-state index contributed by atoms with van der Waals surface area (Å²) in [5, 5.41) is 20.7. The summed E-state index contributed by atoms with van der Waals surface area (Å²) in [5.74, 6) is 0.267. The quantitative estimate of drug-likeness (QED) is 0.883.